The fourth-order valence-corrected chi connectivity index (χ4v) is 3.03. The summed E-state index contributed by atoms with van der Waals surface area (Å²) in [4.78, 5) is 12.3. The number of aromatic nitrogens is 1. The number of amides is 1. The van der Waals surface area contributed by atoms with Crippen molar-refractivity contribution in [2.45, 2.75) is 13.8 Å². The van der Waals surface area contributed by atoms with E-state index in [1.807, 2.05) is 36.6 Å². The van der Waals surface area contributed by atoms with Gasteiger partial charge in [0, 0.05) is 28.7 Å². The topological polar surface area (TPSA) is 86.9 Å². The minimum atomic E-state index is -0.470. The summed E-state index contributed by atoms with van der Waals surface area (Å²) >= 11 is 6.29. The third-order valence-corrected chi connectivity index (χ3v) is 4.42. The van der Waals surface area contributed by atoms with Gasteiger partial charge in [0.25, 0.3) is 5.91 Å². The predicted octanol–water partition coefficient (Wildman–Crippen LogP) is 3.92. The number of hydrogen-bond acceptors (Lipinski definition) is 4. The van der Waals surface area contributed by atoms with Crippen molar-refractivity contribution < 1.29 is 15.0 Å². The molecule has 3 aromatic rings. The van der Waals surface area contributed by atoms with Crippen LogP contribution >= 0.6 is 11.6 Å². The molecule has 0 aliphatic carbocycles. The first-order valence-electron chi connectivity index (χ1n) is 8.17. The third-order valence-electron chi connectivity index (χ3n) is 4.11. The van der Waals surface area contributed by atoms with Gasteiger partial charge in [0.15, 0.2) is 0 Å². The van der Waals surface area contributed by atoms with Crippen molar-refractivity contribution in [2.75, 3.05) is 0 Å². The molecular formula is C20H18ClN3O3. The molecule has 0 spiro atoms. The van der Waals surface area contributed by atoms with Gasteiger partial charge in [-0.15, -0.1) is 0 Å². The molecule has 7 heteroatoms. The van der Waals surface area contributed by atoms with E-state index < -0.39 is 5.91 Å². The molecule has 1 heterocycles. The highest BCUT2D eigenvalue weighted by Gasteiger charge is 2.12. The fraction of sp³-hybridized carbons (Fsp3) is 0.100. The highest BCUT2D eigenvalue weighted by atomic mass is 35.5. The van der Waals surface area contributed by atoms with Gasteiger partial charge in [-0.05, 0) is 56.3 Å². The Balaban J connectivity index is 1.76. The molecule has 3 N–H and O–H groups in total. The van der Waals surface area contributed by atoms with Crippen molar-refractivity contribution in [1.29, 1.82) is 0 Å². The van der Waals surface area contributed by atoms with Crippen molar-refractivity contribution in [3.05, 3.63) is 76.1 Å². The molecule has 0 fully saturated rings. The number of aromatic hydroxyl groups is 2. The first-order valence-corrected chi connectivity index (χ1v) is 8.55. The number of halogens is 1. The predicted molar refractivity (Wildman–Crippen MR) is 105 cm³/mol. The summed E-state index contributed by atoms with van der Waals surface area (Å²) in [6, 6.07) is 13.3. The van der Waals surface area contributed by atoms with Crippen LogP contribution in [0.15, 0.2) is 53.6 Å². The largest absolute Gasteiger partial charge is 0.508 e. The minimum absolute atomic E-state index is 0.0614. The Hall–Kier alpha value is -3.25. The normalized spacial score (nSPS) is 11.1. The summed E-state index contributed by atoms with van der Waals surface area (Å²) < 4.78 is 2.04. The summed E-state index contributed by atoms with van der Waals surface area (Å²) in [5.74, 6) is -0.677. The molecule has 0 radical (unpaired) electrons. The van der Waals surface area contributed by atoms with Crippen LogP contribution in [0.25, 0.3) is 5.69 Å². The van der Waals surface area contributed by atoms with Gasteiger partial charge in [-0.3, -0.25) is 4.79 Å². The lowest BCUT2D eigenvalue weighted by molar-refractivity contribution is 0.0955. The number of nitrogens with zero attached hydrogens (tertiary/aromatic N) is 2. The van der Waals surface area contributed by atoms with Crippen LogP contribution < -0.4 is 5.43 Å². The number of benzene rings is 2. The van der Waals surface area contributed by atoms with E-state index in [-0.39, 0.29) is 17.1 Å². The van der Waals surface area contributed by atoms with E-state index in [0.717, 1.165) is 17.1 Å². The Morgan fingerprint density at radius 1 is 1.07 bits per heavy atom. The van der Waals surface area contributed by atoms with Crippen LogP contribution in [0.1, 0.15) is 27.3 Å². The van der Waals surface area contributed by atoms with E-state index in [4.69, 9.17) is 11.6 Å². The van der Waals surface area contributed by atoms with E-state index >= 15 is 0 Å². The van der Waals surface area contributed by atoms with Gasteiger partial charge in [-0.25, -0.2) is 5.43 Å². The Morgan fingerprint density at radius 2 is 1.78 bits per heavy atom. The lowest BCUT2D eigenvalue weighted by atomic mass is 10.2. The number of rotatable bonds is 4. The van der Waals surface area contributed by atoms with Crippen molar-refractivity contribution in [2.24, 2.45) is 5.10 Å². The number of hydrogen-bond donors (Lipinski definition) is 3. The molecule has 0 bridgehead atoms. The van der Waals surface area contributed by atoms with E-state index in [0.29, 0.717) is 10.6 Å². The molecule has 27 heavy (non-hydrogen) atoms. The smallest absolute Gasteiger partial charge is 0.272 e. The van der Waals surface area contributed by atoms with Gasteiger partial charge in [0.1, 0.15) is 11.5 Å². The molecule has 0 saturated heterocycles. The molecule has 0 aliphatic heterocycles. The van der Waals surface area contributed by atoms with Crippen LogP contribution in [0.4, 0.5) is 0 Å². The molecule has 0 unspecified atom stereocenters. The van der Waals surface area contributed by atoms with Crippen LogP contribution in [0.5, 0.6) is 11.5 Å². The summed E-state index contributed by atoms with van der Waals surface area (Å²) in [7, 11) is 0. The Morgan fingerprint density at radius 3 is 2.41 bits per heavy atom. The lowest BCUT2D eigenvalue weighted by Gasteiger charge is -2.11. The maximum atomic E-state index is 12.3. The molecule has 0 saturated carbocycles. The molecular weight excluding hydrogens is 366 g/mol. The number of aryl methyl sites for hydroxylation is 2. The maximum Gasteiger partial charge on any atom is 0.272 e. The molecule has 6 nitrogen and oxygen atoms in total. The average molecular weight is 384 g/mol. The maximum absolute atomic E-state index is 12.3. The van der Waals surface area contributed by atoms with Crippen LogP contribution in [-0.4, -0.2) is 26.9 Å². The average Bonchev–Trinajstić information content (AvgIpc) is 2.95. The zero-order valence-corrected chi connectivity index (χ0v) is 15.5. The molecule has 0 atom stereocenters. The Kier molecular flexibility index (Phi) is 5.19. The summed E-state index contributed by atoms with van der Waals surface area (Å²) in [5, 5.41) is 23.1. The van der Waals surface area contributed by atoms with Gasteiger partial charge in [0.2, 0.25) is 0 Å². The van der Waals surface area contributed by atoms with E-state index in [9.17, 15) is 15.0 Å². The van der Waals surface area contributed by atoms with Gasteiger partial charge in [0.05, 0.1) is 16.8 Å². The summed E-state index contributed by atoms with van der Waals surface area (Å²) in [5.41, 5.74) is 6.02. The van der Waals surface area contributed by atoms with Gasteiger partial charge in [-0.2, -0.15) is 5.10 Å². The monoisotopic (exact) mass is 383 g/mol. The van der Waals surface area contributed by atoms with E-state index in [1.165, 1.54) is 24.4 Å². The van der Waals surface area contributed by atoms with Crippen molar-refractivity contribution in [3.8, 4) is 17.2 Å². The number of nitrogens with one attached hydrogen (secondary N) is 1. The SMILES string of the molecule is Cc1ccc(C)n1-c1ccc(C(=O)N/N=C\c2ccc(O)cc2O)c(Cl)c1. The van der Waals surface area contributed by atoms with Crippen molar-refractivity contribution in [1.82, 2.24) is 9.99 Å². The van der Waals surface area contributed by atoms with Crippen molar-refractivity contribution in [3.63, 3.8) is 0 Å². The number of phenols is 2. The lowest BCUT2D eigenvalue weighted by Crippen LogP contribution is -2.18. The zero-order chi connectivity index (χ0) is 19.6. The van der Waals surface area contributed by atoms with Crippen LogP contribution in [0, 0.1) is 13.8 Å². The van der Waals surface area contributed by atoms with E-state index in [1.54, 1.807) is 12.1 Å². The second-order valence-electron chi connectivity index (χ2n) is 6.06. The second-order valence-corrected chi connectivity index (χ2v) is 6.47. The first kappa shape index (κ1) is 18.5. The van der Waals surface area contributed by atoms with Gasteiger partial charge in [-0.1, -0.05) is 11.6 Å². The standard InChI is InChI=1S/C20H18ClN3O3/c1-12-3-4-13(2)24(12)15-6-8-17(18(21)9-15)20(27)23-22-11-14-5-7-16(25)10-19(14)26/h3-11,25-26H,1-2H3,(H,23,27)/b22-11-. The Labute approximate surface area is 161 Å². The van der Waals surface area contributed by atoms with Crippen LogP contribution in [0.2, 0.25) is 5.02 Å². The number of carbonyl (C=O) groups is 1. The molecule has 2 aromatic carbocycles. The fourth-order valence-electron chi connectivity index (χ4n) is 2.76. The number of phenolic OH excluding ortho intramolecular Hbond substituents is 2. The highest BCUT2D eigenvalue weighted by molar-refractivity contribution is 6.34. The highest BCUT2D eigenvalue weighted by Crippen LogP contribution is 2.24. The summed E-state index contributed by atoms with van der Waals surface area (Å²) in [6.45, 7) is 3.99. The molecule has 3 rings (SSSR count). The van der Waals surface area contributed by atoms with Crippen molar-refractivity contribution >= 4 is 23.7 Å². The Bertz CT molecular complexity index is 1020. The number of hydrazone groups is 1. The molecule has 0 aliphatic rings. The zero-order valence-electron chi connectivity index (χ0n) is 14.8. The van der Waals surface area contributed by atoms with Crippen LogP contribution in [0.3, 0.4) is 0 Å². The number of carbonyl (C=O) groups excluding carboxylic acids is 1. The van der Waals surface area contributed by atoms with E-state index in [2.05, 4.69) is 10.5 Å². The van der Waals surface area contributed by atoms with Gasteiger partial charge < -0.3 is 14.8 Å². The second kappa shape index (κ2) is 7.55. The third kappa shape index (κ3) is 3.96. The summed E-state index contributed by atoms with van der Waals surface area (Å²) in [6.07, 6.45) is 1.28. The quantitative estimate of drug-likeness (QED) is 0.471. The first-order chi connectivity index (χ1) is 12.9. The minimum Gasteiger partial charge on any atom is -0.508 e. The van der Waals surface area contributed by atoms with Crippen LogP contribution in [-0.2, 0) is 0 Å². The molecule has 1 amide bonds. The molecule has 1 aromatic heterocycles. The molecule has 138 valence electrons. The van der Waals surface area contributed by atoms with Gasteiger partial charge >= 0.3 is 0 Å².